The molecule has 8 rings (SSSR count). The van der Waals surface area contributed by atoms with Crippen molar-refractivity contribution in [3.63, 3.8) is 0 Å². The number of carbonyl (C=O) groups excluding carboxylic acids is 3. The number of β-lactam (4-membered cyclic amide) rings is 2. The van der Waals surface area contributed by atoms with Crippen molar-refractivity contribution in [3.8, 4) is 0 Å². The maximum absolute atomic E-state index is 14.1. The second kappa shape index (κ2) is 16.0. The van der Waals surface area contributed by atoms with Crippen LogP contribution in [0.25, 0.3) is 0 Å². The summed E-state index contributed by atoms with van der Waals surface area (Å²) in [6, 6.07) is 32.6. The maximum Gasteiger partial charge on any atom is 0.352 e. The van der Waals surface area contributed by atoms with E-state index in [1.54, 1.807) is 17.8 Å². The molecule has 0 saturated carbocycles. The highest BCUT2D eigenvalue weighted by atomic mass is 32.2. The molecule has 0 spiro atoms. The third-order valence-corrected chi connectivity index (χ3v) is 12.6. The number of hydrogen-bond donors (Lipinski definition) is 4. The molecule has 56 heavy (non-hydrogen) atoms. The molecule has 0 bridgehead atoms. The van der Waals surface area contributed by atoms with Gasteiger partial charge < -0.3 is 25.9 Å². The minimum Gasteiger partial charge on any atom is -0.477 e. The molecular formula is C40H33N7O6S3. The van der Waals surface area contributed by atoms with Gasteiger partial charge in [-0.3, -0.25) is 24.3 Å². The average molecular weight is 804 g/mol. The Kier molecular flexibility index (Phi) is 10.6. The predicted octanol–water partition coefficient (Wildman–Crippen LogP) is 5.04. The number of carbonyl (C=O) groups is 4. The molecule has 4 N–H and O–H groups in total. The van der Waals surface area contributed by atoms with Gasteiger partial charge in [0.1, 0.15) is 28.3 Å². The minimum atomic E-state index is -1.21. The third kappa shape index (κ3) is 7.25. The van der Waals surface area contributed by atoms with E-state index in [0.717, 1.165) is 21.6 Å². The van der Waals surface area contributed by atoms with E-state index >= 15 is 0 Å². The van der Waals surface area contributed by atoms with Crippen LogP contribution in [0.3, 0.4) is 0 Å². The number of nitrogens with zero attached hydrogens (tertiary/aromatic N) is 4. The average Bonchev–Trinajstić information content (AvgIpc) is 3.69. The number of fused-ring (bicyclic) bond motifs is 1. The van der Waals surface area contributed by atoms with Crippen LogP contribution in [-0.2, 0) is 29.6 Å². The molecule has 3 aliphatic rings. The fourth-order valence-electron chi connectivity index (χ4n) is 6.70. The Morgan fingerprint density at radius 1 is 0.946 bits per heavy atom. The van der Waals surface area contributed by atoms with Crippen LogP contribution in [0.2, 0.25) is 0 Å². The third-order valence-electron chi connectivity index (χ3n) is 9.44. The Morgan fingerprint density at radius 2 is 1.55 bits per heavy atom. The summed E-state index contributed by atoms with van der Waals surface area (Å²) in [5, 5.41) is 24.8. The Bertz CT molecular complexity index is 2220. The summed E-state index contributed by atoms with van der Waals surface area (Å²) < 4.78 is 0. The van der Waals surface area contributed by atoms with Gasteiger partial charge in [-0.1, -0.05) is 96.2 Å². The lowest BCUT2D eigenvalue weighted by atomic mass is 9.77. The van der Waals surface area contributed by atoms with E-state index < -0.39 is 41.0 Å². The quantitative estimate of drug-likeness (QED) is 0.0389. The summed E-state index contributed by atoms with van der Waals surface area (Å²) in [5.41, 5.74) is 2.47. The Hall–Kier alpha value is -5.97. The van der Waals surface area contributed by atoms with Crippen LogP contribution in [0.4, 0.5) is 5.13 Å². The number of thioether (sulfide) groups is 2. The van der Waals surface area contributed by atoms with E-state index in [9.17, 15) is 24.3 Å². The van der Waals surface area contributed by atoms with Crippen LogP contribution in [0.1, 0.15) is 28.8 Å². The highest BCUT2D eigenvalue weighted by molar-refractivity contribution is 8.01. The molecule has 3 atom stereocenters. The van der Waals surface area contributed by atoms with Gasteiger partial charge in [-0.25, -0.2) is 9.78 Å². The van der Waals surface area contributed by atoms with Crippen molar-refractivity contribution in [1.82, 2.24) is 25.5 Å². The first kappa shape index (κ1) is 37.0. The number of aliphatic carboxylic acids is 1. The van der Waals surface area contributed by atoms with Crippen LogP contribution >= 0.6 is 34.9 Å². The Balaban J connectivity index is 1.07. The molecule has 282 valence electrons. The van der Waals surface area contributed by atoms with Crippen LogP contribution in [0.5, 0.6) is 0 Å². The second-order valence-electron chi connectivity index (χ2n) is 12.9. The Labute approximate surface area is 333 Å². The number of hydrogen-bond acceptors (Lipinski definition) is 12. The largest absolute Gasteiger partial charge is 0.477 e. The lowest BCUT2D eigenvalue weighted by molar-refractivity contribution is -0.150. The van der Waals surface area contributed by atoms with Gasteiger partial charge in [0.15, 0.2) is 10.8 Å². The molecule has 5 aromatic rings. The molecule has 2 saturated heterocycles. The topological polar surface area (TPSA) is 175 Å². The van der Waals surface area contributed by atoms with E-state index in [1.807, 2.05) is 103 Å². The number of amides is 3. The lowest BCUT2D eigenvalue weighted by Gasteiger charge is -2.49. The highest BCUT2D eigenvalue weighted by Gasteiger charge is 2.54. The van der Waals surface area contributed by atoms with Crippen molar-refractivity contribution in [2.75, 3.05) is 16.8 Å². The molecule has 2 aromatic heterocycles. The summed E-state index contributed by atoms with van der Waals surface area (Å²) in [6.07, 6.45) is 2.66. The van der Waals surface area contributed by atoms with Gasteiger partial charge in [-0.05, 0) is 34.4 Å². The van der Waals surface area contributed by atoms with Crippen molar-refractivity contribution in [3.05, 3.63) is 155 Å². The maximum atomic E-state index is 14.1. The van der Waals surface area contributed by atoms with Crippen molar-refractivity contribution in [2.45, 2.75) is 34.5 Å². The first-order valence-corrected chi connectivity index (χ1v) is 20.4. The zero-order chi connectivity index (χ0) is 38.6. The van der Waals surface area contributed by atoms with E-state index in [4.69, 9.17) is 9.82 Å². The van der Waals surface area contributed by atoms with Gasteiger partial charge in [0.25, 0.3) is 11.8 Å². The normalized spacial score (nSPS) is 19.2. The van der Waals surface area contributed by atoms with Crippen molar-refractivity contribution >= 4 is 69.4 Å². The van der Waals surface area contributed by atoms with E-state index in [2.05, 4.69) is 26.1 Å². The molecule has 0 aliphatic carbocycles. The molecule has 0 radical (unpaired) electrons. The molecule has 3 amide bonds. The summed E-state index contributed by atoms with van der Waals surface area (Å²) in [4.78, 5) is 68.3. The number of anilines is 1. The molecule has 16 heteroatoms. The number of rotatable bonds is 14. The van der Waals surface area contributed by atoms with E-state index in [-0.39, 0.29) is 29.4 Å². The van der Waals surface area contributed by atoms with E-state index in [0.29, 0.717) is 22.2 Å². The fraction of sp³-hybridized carbons (Fsp3) is 0.175. The van der Waals surface area contributed by atoms with Crippen molar-refractivity contribution in [2.24, 2.45) is 5.16 Å². The molecule has 5 heterocycles. The smallest absolute Gasteiger partial charge is 0.352 e. The van der Waals surface area contributed by atoms with Gasteiger partial charge in [0.2, 0.25) is 12.1 Å². The monoisotopic (exact) mass is 803 g/mol. The van der Waals surface area contributed by atoms with Gasteiger partial charge in [-0.2, -0.15) is 0 Å². The van der Waals surface area contributed by atoms with Gasteiger partial charge in [0.05, 0.1) is 6.42 Å². The zero-order valence-electron chi connectivity index (χ0n) is 29.4. The molecular weight excluding hydrogens is 771 g/mol. The molecule has 13 nitrogen and oxygen atoms in total. The van der Waals surface area contributed by atoms with Crippen LogP contribution in [0.15, 0.2) is 142 Å². The lowest BCUT2D eigenvalue weighted by Crippen LogP contribution is -2.71. The van der Waals surface area contributed by atoms with Crippen LogP contribution in [0, 0.1) is 0 Å². The predicted molar refractivity (Wildman–Crippen MR) is 214 cm³/mol. The highest BCUT2D eigenvalue weighted by Crippen LogP contribution is 2.43. The number of benzene rings is 3. The number of oxime groups is 1. The summed E-state index contributed by atoms with van der Waals surface area (Å²) in [7, 11) is 0. The summed E-state index contributed by atoms with van der Waals surface area (Å²) in [6.45, 7) is 0. The van der Waals surface area contributed by atoms with Crippen LogP contribution < -0.4 is 16.0 Å². The fourth-order valence-corrected chi connectivity index (χ4v) is 9.82. The SMILES string of the molecule is O=C1CC(O/N=C(\C(=O)NC2C(=O)N3C(C(=O)O)=C(CSc4ccncc4)CS[C@@H]23)c2csc(NC(c3ccccc3)(c3ccccc3)c3ccccc3)n2)N1. The van der Waals surface area contributed by atoms with Crippen molar-refractivity contribution < 1.29 is 29.1 Å². The minimum absolute atomic E-state index is 0.0664. The molecule has 3 aliphatic heterocycles. The molecule has 2 fully saturated rings. The van der Waals surface area contributed by atoms with Gasteiger partial charge >= 0.3 is 5.97 Å². The number of carboxylic acids is 1. The number of pyridine rings is 1. The summed E-state index contributed by atoms with van der Waals surface area (Å²) in [5.74, 6) is -1.99. The van der Waals surface area contributed by atoms with Gasteiger partial charge in [0, 0.05) is 34.2 Å². The second-order valence-corrected chi connectivity index (χ2v) is 15.9. The first-order valence-electron chi connectivity index (χ1n) is 17.5. The van der Waals surface area contributed by atoms with E-state index in [1.165, 1.54) is 39.8 Å². The zero-order valence-corrected chi connectivity index (χ0v) is 31.9. The van der Waals surface area contributed by atoms with Gasteiger partial charge in [-0.15, -0.1) is 34.9 Å². The number of aromatic nitrogens is 2. The summed E-state index contributed by atoms with van der Waals surface area (Å²) >= 11 is 4.09. The molecule has 3 aromatic carbocycles. The number of thiazole rings is 1. The standard InChI is InChI=1S/C40H33N7O6S3/c48-30-20-31(43-30)53-46-32(35(49)44-33-36(50)47-34(38(51)52)24(22-55-37(33)47)21-54-28-16-18-41-19-17-28)29-23-56-39(42-29)45-40(25-10-4-1-5-11-25,26-12-6-2-7-13-26)27-14-8-3-9-15-27/h1-19,23,31,33,37H,20-22H2,(H,42,45)(H,43,48)(H,44,49)(H,51,52)/b46-32-/t31?,33?,37-/m0/s1. The first-order chi connectivity index (χ1) is 27.3. The van der Waals surface area contributed by atoms with Crippen LogP contribution in [-0.4, -0.2) is 78.5 Å². The number of nitrogens with one attached hydrogen (secondary N) is 3. The Morgan fingerprint density at radius 3 is 2.12 bits per heavy atom. The number of carboxylic acid groups (broad SMARTS) is 1. The molecule has 2 unspecified atom stereocenters. The van der Waals surface area contributed by atoms with Crippen molar-refractivity contribution in [1.29, 1.82) is 0 Å².